The third-order valence-electron chi connectivity index (χ3n) is 2.09. The maximum atomic E-state index is 12.0. The molecule has 1 aromatic rings. The number of ketones is 1. The molecule has 0 aromatic heterocycles. The molecular weight excluding hydrogens is 300 g/mol. The van der Waals surface area contributed by atoms with Crippen molar-refractivity contribution in [3.63, 3.8) is 0 Å². The first-order valence-corrected chi connectivity index (χ1v) is 5.69. The number of hydrogen-bond acceptors (Lipinski definition) is 5. The van der Waals surface area contributed by atoms with Crippen LogP contribution in [0.2, 0.25) is 0 Å². The Morgan fingerprint density at radius 3 is 2.50 bits per heavy atom. The van der Waals surface area contributed by atoms with Gasteiger partial charge in [-0.15, -0.1) is 13.2 Å². The molecule has 22 heavy (non-hydrogen) atoms. The van der Waals surface area contributed by atoms with Crippen LogP contribution in [0.4, 0.5) is 13.2 Å². The van der Waals surface area contributed by atoms with Crippen molar-refractivity contribution >= 4 is 17.5 Å². The monoisotopic (exact) mass is 310 g/mol. The number of alkyl halides is 3. The van der Waals surface area contributed by atoms with Crippen molar-refractivity contribution in [1.82, 2.24) is 0 Å². The zero-order chi connectivity index (χ0) is 16.0. The molecule has 0 saturated heterocycles. The summed E-state index contributed by atoms with van der Waals surface area (Å²) >= 11 is 0. The molecule has 0 aliphatic heterocycles. The van der Waals surface area contributed by atoms with Gasteiger partial charge < -0.3 is 14.6 Å². The van der Waals surface area contributed by atoms with Crippen LogP contribution in [0.15, 0.2) is 30.3 Å². The van der Waals surface area contributed by atoms with E-state index in [-0.39, 0.29) is 31.0 Å². The number of esters is 1. The number of rotatable bonds is 5. The third kappa shape index (κ3) is 6.69. The zero-order valence-electron chi connectivity index (χ0n) is 11.8. The minimum Gasteiger partial charge on any atom is -0.872 e. The average molecular weight is 310 g/mol. The molecular formula is C13H10F3LiO5. The fourth-order valence-corrected chi connectivity index (χ4v) is 1.31. The molecule has 0 amide bonds. The molecule has 114 valence electrons. The summed E-state index contributed by atoms with van der Waals surface area (Å²) in [7, 11) is 0. The van der Waals surface area contributed by atoms with Gasteiger partial charge in [-0.2, -0.15) is 0 Å². The van der Waals surface area contributed by atoms with Crippen LogP contribution in [0, 0.1) is 0 Å². The second-order valence-electron chi connectivity index (χ2n) is 3.67. The van der Waals surface area contributed by atoms with Crippen LogP contribution in [-0.4, -0.2) is 24.7 Å². The largest absolute Gasteiger partial charge is 1.00 e. The molecule has 1 aromatic carbocycles. The van der Waals surface area contributed by atoms with Crippen LogP contribution >= 0.6 is 0 Å². The van der Waals surface area contributed by atoms with Gasteiger partial charge in [-0.3, -0.25) is 4.79 Å². The predicted octanol–water partition coefficient (Wildman–Crippen LogP) is -1.58. The molecule has 0 fully saturated rings. The third-order valence-corrected chi connectivity index (χ3v) is 2.09. The molecule has 1 rings (SSSR count). The number of hydrogen-bond donors (Lipinski definition) is 0. The van der Waals surface area contributed by atoms with E-state index < -0.39 is 29.6 Å². The SMILES string of the molecule is CCOC(=O)C(=O)/C=C(\[O-])c1cccc(OC(F)(F)F)c1.[Li+]. The summed E-state index contributed by atoms with van der Waals surface area (Å²) in [5, 5.41) is 11.7. The van der Waals surface area contributed by atoms with Crippen LogP contribution in [0.3, 0.4) is 0 Å². The van der Waals surface area contributed by atoms with E-state index in [9.17, 15) is 27.9 Å². The number of benzene rings is 1. The van der Waals surface area contributed by atoms with Crippen LogP contribution < -0.4 is 28.7 Å². The molecule has 0 radical (unpaired) electrons. The van der Waals surface area contributed by atoms with Gasteiger partial charge in [0.2, 0.25) is 0 Å². The molecule has 0 spiro atoms. The topological polar surface area (TPSA) is 75.7 Å². The van der Waals surface area contributed by atoms with Crippen molar-refractivity contribution in [3.8, 4) is 5.75 Å². The molecule has 0 heterocycles. The van der Waals surface area contributed by atoms with E-state index in [1.54, 1.807) is 0 Å². The van der Waals surface area contributed by atoms with Crippen molar-refractivity contribution in [3.05, 3.63) is 35.9 Å². The fourth-order valence-electron chi connectivity index (χ4n) is 1.31. The van der Waals surface area contributed by atoms with Crippen molar-refractivity contribution in [1.29, 1.82) is 0 Å². The minimum atomic E-state index is -4.90. The van der Waals surface area contributed by atoms with Gasteiger partial charge in [0.25, 0.3) is 5.78 Å². The van der Waals surface area contributed by atoms with E-state index in [0.717, 1.165) is 18.2 Å². The Bertz CT molecular complexity index is 569. The van der Waals surface area contributed by atoms with E-state index >= 15 is 0 Å². The Labute approximate surface area is 135 Å². The zero-order valence-corrected chi connectivity index (χ0v) is 11.8. The van der Waals surface area contributed by atoms with E-state index in [4.69, 9.17) is 0 Å². The molecule has 9 heteroatoms. The number of ether oxygens (including phenoxy) is 2. The molecule has 5 nitrogen and oxygen atoms in total. The second kappa shape index (κ2) is 8.51. The van der Waals surface area contributed by atoms with E-state index in [1.807, 2.05) is 0 Å². The summed E-state index contributed by atoms with van der Waals surface area (Å²) in [6.07, 6.45) is -4.45. The number of carbonyl (C=O) groups excluding carboxylic acids is 2. The summed E-state index contributed by atoms with van der Waals surface area (Å²) in [5.41, 5.74) is -0.227. The number of carbonyl (C=O) groups is 2. The maximum Gasteiger partial charge on any atom is 1.00 e. The van der Waals surface area contributed by atoms with Gasteiger partial charge in [0, 0.05) is 0 Å². The molecule has 0 N–H and O–H groups in total. The summed E-state index contributed by atoms with van der Waals surface area (Å²) in [4.78, 5) is 22.3. The normalized spacial score (nSPS) is 11.4. The van der Waals surface area contributed by atoms with Gasteiger partial charge >= 0.3 is 31.2 Å². The van der Waals surface area contributed by atoms with E-state index in [2.05, 4.69) is 9.47 Å². The molecule has 0 unspecified atom stereocenters. The first kappa shape index (κ1) is 20.1. The van der Waals surface area contributed by atoms with Crippen LogP contribution in [0.1, 0.15) is 12.5 Å². The molecule has 0 saturated carbocycles. The van der Waals surface area contributed by atoms with Crippen molar-refractivity contribution in [2.45, 2.75) is 13.3 Å². The first-order chi connectivity index (χ1) is 9.73. The standard InChI is InChI=1S/C13H11F3O5.Li/c1-2-20-12(19)11(18)7-10(17)8-4-3-5-9(6-8)21-13(14,15)16;/h3-7,17H,2H2,1H3;/q;+1/p-1/b10-7-;. The van der Waals surface area contributed by atoms with Crippen molar-refractivity contribution in [2.75, 3.05) is 6.61 Å². The Hall–Kier alpha value is -1.91. The Morgan fingerprint density at radius 2 is 1.95 bits per heavy atom. The summed E-state index contributed by atoms with van der Waals surface area (Å²) < 4.78 is 44.2. The summed E-state index contributed by atoms with van der Waals surface area (Å²) in [6, 6.07) is 4.14. The molecule has 0 aliphatic carbocycles. The van der Waals surface area contributed by atoms with E-state index in [1.165, 1.54) is 13.0 Å². The van der Waals surface area contributed by atoms with Crippen LogP contribution in [-0.2, 0) is 14.3 Å². The fraction of sp³-hybridized carbons (Fsp3) is 0.231. The summed E-state index contributed by atoms with van der Waals surface area (Å²) in [6.45, 7) is 1.44. The van der Waals surface area contributed by atoms with Gasteiger partial charge in [-0.05, 0) is 30.7 Å². The smallest absolute Gasteiger partial charge is 0.872 e. The summed E-state index contributed by atoms with van der Waals surface area (Å²) in [5.74, 6) is -3.94. The van der Waals surface area contributed by atoms with Crippen molar-refractivity contribution < 1.29 is 56.2 Å². The maximum absolute atomic E-state index is 12.0. The molecule has 0 aliphatic rings. The van der Waals surface area contributed by atoms with Gasteiger partial charge in [0.1, 0.15) is 5.75 Å². The minimum absolute atomic E-state index is 0. The van der Waals surface area contributed by atoms with Crippen molar-refractivity contribution in [2.24, 2.45) is 0 Å². The second-order valence-corrected chi connectivity index (χ2v) is 3.67. The average Bonchev–Trinajstić information content (AvgIpc) is 2.37. The first-order valence-electron chi connectivity index (χ1n) is 5.69. The predicted molar refractivity (Wildman–Crippen MR) is 62.7 cm³/mol. The quantitative estimate of drug-likeness (QED) is 0.216. The Balaban J connectivity index is 0.00000441. The van der Waals surface area contributed by atoms with E-state index in [0.29, 0.717) is 6.08 Å². The van der Waals surface area contributed by atoms with Crippen LogP contribution in [0.25, 0.3) is 5.76 Å². The Morgan fingerprint density at radius 1 is 1.32 bits per heavy atom. The molecule has 0 bridgehead atoms. The number of halogens is 3. The van der Waals surface area contributed by atoms with Gasteiger partial charge in [0.15, 0.2) is 0 Å². The molecule has 0 atom stereocenters. The van der Waals surface area contributed by atoms with Crippen LogP contribution in [0.5, 0.6) is 5.75 Å². The van der Waals surface area contributed by atoms with Gasteiger partial charge in [0.05, 0.1) is 6.61 Å². The Kier molecular flexibility index (Phi) is 7.77. The van der Waals surface area contributed by atoms with Gasteiger partial charge in [-0.25, -0.2) is 4.79 Å². The van der Waals surface area contributed by atoms with Gasteiger partial charge in [-0.1, -0.05) is 17.9 Å².